The van der Waals surface area contributed by atoms with E-state index in [9.17, 15) is 4.39 Å². The number of benzene rings is 2. The van der Waals surface area contributed by atoms with E-state index in [-0.39, 0.29) is 12.4 Å². The van der Waals surface area contributed by atoms with E-state index in [1.807, 2.05) is 31.2 Å². The highest BCUT2D eigenvalue weighted by Gasteiger charge is 2.15. The third kappa shape index (κ3) is 5.93. The lowest BCUT2D eigenvalue weighted by molar-refractivity contribution is 0.393. The van der Waals surface area contributed by atoms with Crippen LogP contribution in [-0.4, -0.2) is 40.2 Å². The van der Waals surface area contributed by atoms with Gasteiger partial charge in [0.1, 0.15) is 28.8 Å². The van der Waals surface area contributed by atoms with E-state index in [2.05, 4.69) is 20.4 Å². The minimum absolute atomic E-state index is 0.257. The maximum Gasteiger partial charge on any atom is 0.182 e. The summed E-state index contributed by atoms with van der Waals surface area (Å²) in [5.74, 6) is 2.17. The SMILES string of the molecule is COc1cc(CNc2cc(C)nc(-c3nn(Cc4ccccc4F)cc3/C=C\C=N)n2)cc(OC)c1. The van der Waals surface area contributed by atoms with E-state index in [4.69, 9.17) is 14.9 Å². The van der Waals surface area contributed by atoms with Crippen molar-refractivity contribution in [1.82, 2.24) is 19.7 Å². The topological polar surface area (TPSA) is 97.9 Å². The van der Waals surface area contributed by atoms with Gasteiger partial charge < -0.3 is 20.2 Å². The largest absolute Gasteiger partial charge is 0.497 e. The lowest BCUT2D eigenvalue weighted by Crippen LogP contribution is -2.06. The molecule has 184 valence electrons. The summed E-state index contributed by atoms with van der Waals surface area (Å²) in [5, 5.41) is 15.3. The third-order valence-corrected chi connectivity index (χ3v) is 5.40. The van der Waals surface area contributed by atoms with Gasteiger partial charge in [0.15, 0.2) is 5.82 Å². The number of halogens is 1. The zero-order valence-electron chi connectivity index (χ0n) is 20.3. The summed E-state index contributed by atoms with van der Waals surface area (Å²) in [6, 6.07) is 14.1. The quantitative estimate of drug-likeness (QED) is 0.302. The second-order valence-electron chi connectivity index (χ2n) is 8.04. The average Bonchev–Trinajstić information content (AvgIpc) is 3.29. The monoisotopic (exact) mass is 486 g/mol. The first-order valence-corrected chi connectivity index (χ1v) is 11.3. The second kappa shape index (κ2) is 11.3. The molecule has 0 atom stereocenters. The fourth-order valence-corrected chi connectivity index (χ4v) is 3.69. The van der Waals surface area contributed by atoms with Gasteiger partial charge in [-0.3, -0.25) is 4.68 Å². The number of methoxy groups -OCH3 is 2. The van der Waals surface area contributed by atoms with Crippen LogP contribution in [-0.2, 0) is 13.1 Å². The van der Waals surface area contributed by atoms with E-state index >= 15 is 0 Å². The molecule has 0 saturated heterocycles. The third-order valence-electron chi connectivity index (χ3n) is 5.40. The minimum atomic E-state index is -0.293. The molecule has 2 N–H and O–H groups in total. The van der Waals surface area contributed by atoms with E-state index in [0.717, 1.165) is 16.8 Å². The summed E-state index contributed by atoms with van der Waals surface area (Å²) >= 11 is 0. The number of nitrogens with zero attached hydrogens (tertiary/aromatic N) is 4. The van der Waals surface area contributed by atoms with E-state index in [0.29, 0.717) is 40.9 Å². The molecule has 9 heteroatoms. The van der Waals surface area contributed by atoms with Crippen LogP contribution in [0.15, 0.2) is 60.8 Å². The van der Waals surface area contributed by atoms with Gasteiger partial charge >= 0.3 is 0 Å². The Labute approximate surface area is 209 Å². The lowest BCUT2D eigenvalue weighted by Gasteiger charge is -2.11. The van der Waals surface area contributed by atoms with Gasteiger partial charge in [-0.15, -0.1) is 0 Å². The first kappa shape index (κ1) is 24.6. The molecule has 8 nitrogen and oxygen atoms in total. The molecule has 0 saturated carbocycles. The summed E-state index contributed by atoms with van der Waals surface area (Å²) in [6.45, 7) is 2.63. The maximum absolute atomic E-state index is 14.2. The molecule has 0 aliphatic carbocycles. The van der Waals surface area contributed by atoms with Crippen molar-refractivity contribution >= 4 is 18.1 Å². The van der Waals surface area contributed by atoms with Gasteiger partial charge in [0.2, 0.25) is 0 Å². The number of allylic oxidation sites excluding steroid dienone is 1. The van der Waals surface area contributed by atoms with Crippen molar-refractivity contribution in [2.75, 3.05) is 19.5 Å². The first-order valence-electron chi connectivity index (χ1n) is 11.3. The van der Waals surface area contributed by atoms with Gasteiger partial charge in [-0.2, -0.15) is 5.10 Å². The molecule has 2 aromatic carbocycles. The van der Waals surface area contributed by atoms with Crippen LogP contribution in [0.2, 0.25) is 0 Å². The smallest absolute Gasteiger partial charge is 0.182 e. The van der Waals surface area contributed by atoms with Crippen LogP contribution in [0.1, 0.15) is 22.4 Å². The maximum atomic E-state index is 14.2. The Balaban J connectivity index is 1.63. The van der Waals surface area contributed by atoms with Gasteiger partial charge in [-0.05, 0) is 42.8 Å². The summed E-state index contributed by atoms with van der Waals surface area (Å²) in [6.07, 6.45) is 6.33. The van der Waals surface area contributed by atoms with Crippen LogP contribution in [0, 0.1) is 18.2 Å². The lowest BCUT2D eigenvalue weighted by atomic mass is 10.2. The number of nitrogens with one attached hydrogen (secondary N) is 2. The van der Waals surface area contributed by atoms with Crippen LogP contribution in [0.25, 0.3) is 17.6 Å². The fraction of sp³-hybridized carbons (Fsp3) is 0.185. The molecule has 4 aromatic rings. The fourth-order valence-electron chi connectivity index (χ4n) is 3.69. The number of anilines is 1. The molecule has 0 aliphatic heterocycles. The Hall–Kier alpha value is -4.53. The summed E-state index contributed by atoms with van der Waals surface area (Å²) in [5.41, 5.74) is 3.52. The molecule has 0 radical (unpaired) electrons. The van der Waals surface area contributed by atoms with Crippen molar-refractivity contribution in [2.45, 2.75) is 20.0 Å². The second-order valence-corrected chi connectivity index (χ2v) is 8.04. The number of rotatable bonds is 10. The number of hydrogen-bond donors (Lipinski definition) is 2. The highest BCUT2D eigenvalue weighted by atomic mass is 19.1. The average molecular weight is 487 g/mol. The standard InChI is InChI=1S/C27H27FN6O2/c1-18-11-25(30-15-19-12-22(35-2)14-23(13-19)36-3)32-27(31-18)26-21(8-6-10-29)17-34(33-26)16-20-7-4-5-9-24(20)28/h4-14,17,29H,15-16H2,1-3H3,(H,30,31,32)/b8-6-,29-10?. The Morgan fingerprint density at radius 3 is 2.50 bits per heavy atom. The molecule has 2 aromatic heterocycles. The molecule has 0 spiro atoms. The molecule has 36 heavy (non-hydrogen) atoms. The number of aromatic nitrogens is 4. The normalized spacial score (nSPS) is 11.0. The van der Waals surface area contributed by atoms with Gasteiger partial charge in [0.05, 0.1) is 20.8 Å². The molecular formula is C27H27FN6O2. The van der Waals surface area contributed by atoms with Crippen molar-refractivity contribution in [3.63, 3.8) is 0 Å². The molecule has 0 amide bonds. The highest BCUT2D eigenvalue weighted by molar-refractivity contribution is 5.79. The number of ether oxygens (including phenoxy) is 2. The molecule has 0 fully saturated rings. The molecule has 0 bridgehead atoms. The van der Waals surface area contributed by atoms with E-state index in [1.54, 1.807) is 55.4 Å². The Morgan fingerprint density at radius 2 is 1.81 bits per heavy atom. The Bertz CT molecular complexity index is 1380. The molecule has 0 aliphatic rings. The number of hydrogen-bond acceptors (Lipinski definition) is 7. The van der Waals surface area contributed by atoms with Crippen molar-refractivity contribution in [2.24, 2.45) is 0 Å². The molecule has 2 heterocycles. The zero-order valence-corrected chi connectivity index (χ0v) is 20.3. The highest BCUT2D eigenvalue weighted by Crippen LogP contribution is 2.25. The van der Waals surface area contributed by atoms with E-state index < -0.39 is 0 Å². The van der Waals surface area contributed by atoms with Gasteiger partial charge in [0.25, 0.3) is 0 Å². The zero-order chi connectivity index (χ0) is 25.5. The van der Waals surface area contributed by atoms with Crippen molar-refractivity contribution in [3.8, 4) is 23.0 Å². The van der Waals surface area contributed by atoms with Crippen molar-refractivity contribution in [1.29, 1.82) is 5.41 Å². The molecule has 0 unspecified atom stereocenters. The van der Waals surface area contributed by atoms with E-state index in [1.165, 1.54) is 12.3 Å². The Morgan fingerprint density at radius 1 is 1.06 bits per heavy atom. The van der Waals surface area contributed by atoms with Crippen LogP contribution in [0.4, 0.5) is 10.2 Å². The van der Waals surface area contributed by atoms with Gasteiger partial charge in [0, 0.05) is 47.9 Å². The Kier molecular flexibility index (Phi) is 7.69. The van der Waals surface area contributed by atoms with Crippen LogP contribution in [0.3, 0.4) is 0 Å². The van der Waals surface area contributed by atoms with Gasteiger partial charge in [-0.25, -0.2) is 14.4 Å². The predicted octanol–water partition coefficient (Wildman–Crippen LogP) is 5.13. The summed E-state index contributed by atoms with van der Waals surface area (Å²) in [4.78, 5) is 9.27. The molecular weight excluding hydrogens is 459 g/mol. The summed E-state index contributed by atoms with van der Waals surface area (Å²) < 4.78 is 26.6. The van der Waals surface area contributed by atoms with Crippen LogP contribution < -0.4 is 14.8 Å². The van der Waals surface area contributed by atoms with Crippen molar-refractivity contribution < 1.29 is 13.9 Å². The van der Waals surface area contributed by atoms with Crippen LogP contribution >= 0.6 is 0 Å². The molecule has 4 rings (SSSR count). The van der Waals surface area contributed by atoms with Crippen molar-refractivity contribution in [3.05, 3.63) is 89.0 Å². The minimum Gasteiger partial charge on any atom is -0.497 e. The summed E-state index contributed by atoms with van der Waals surface area (Å²) in [7, 11) is 3.23. The first-order chi connectivity index (χ1) is 17.5. The van der Waals surface area contributed by atoms with Gasteiger partial charge in [-0.1, -0.05) is 18.2 Å². The number of aryl methyl sites for hydroxylation is 1. The van der Waals surface area contributed by atoms with Crippen LogP contribution in [0.5, 0.6) is 11.5 Å². The predicted molar refractivity (Wildman–Crippen MR) is 138 cm³/mol.